The van der Waals surface area contributed by atoms with Gasteiger partial charge in [0.1, 0.15) is 17.6 Å². The van der Waals surface area contributed by atoms with Crippen molar-refractivity contribution < 1.29 is 14.3 Å². The van der Waals surface area contributed by atoms with Crippen molar-refractivity contribution in [2.24, 2.45) is 0 Å². The fourth-order valence-corrected chi connectivity index (χ4v) is 4.52. The summed E-state index contributed by atoms with van der Waals surface area (Å²) in [6.45, 7) is 0. The van der Waals surface area contributed by atoms with E-state index in [9.17, 15) is 10.1 Å². The van der Waals surface area contributed by atoms with E-state index in [1.165, 1.54) is 35.2 Å². The molecule has 4 rings (SSSR count). The van der Waals surface area contributed by atoms with Crippen LogP contribution >= 0.6 is 23.1 Å². The molecule has 2 aromatic carbocycles. The lowest BCUT2D eigenvalue weighted by Crippen LogP contribution is -1.94. The molecule has 7 heteroatoms. The van der Waals surface area contributed by atoms with Crippen molar-refractivity contribution >= 4 is 45.4 Å². The lowest BCUT2D eigenvalue weighted by Gasteiger charge is -1.98. The van der Waals surface area contributed by atoms with Gasteiger partial charge in [-0.05, 0) is 48.2 Å². The van der Waals surface area contributed by atoms with Gasteiger partial charge in [-0.3, -0.25) is 0 Å². The fraction of sp³-hybridized carbons (Fsp3) is 0. The molecule has 0 saturated carbocycles. The lowest BCUT2D eigenvalue weighted by molar-refractivity contribution is 0.0697. The van der Waals surface area contributed by atoms with Crippen molar-refractivity contribution in [2.75, 3.05) is 0 Å². The first-order valence-electron chi connectivity index (χ1n) is 8.21. The van der Waals surface area contributed by atoms with E-state index < -0.39 is 5.97 Å². The number of nitrogens with zero attached hydrogens (tertiary/aromatic N) is 2. The zero-order valence-electron chi connectivity index (χ0n) is 14.3. The number of aromatic carboxylic acids is 1. The third-order valence-corrected chi connectivity index (χ3v) is 5.92. The summed E-state index contributed by atoms with van der Waals surface area (Å²) in [4.78, 5) is 15.9. The molecule has 136 valence electrons. The molecule has 0 amide bonds. The molecule has 1 N–H and O–H groups in total. The number of hydrogen-bond acceptors (Lipinski definition) is 6. The van der Waals surface area contributed by atoms with Crippen molar-refractivity contribution in [3.63, 3.8) is 0 Å². The number of fused-ring (bicyclic) bond motifs is 1. The van der Waals surface area contributed by atoms with Crippen molar-refractivity contribution in [2.45, 2.75) is 4.34 Å². The summed E-state index contributed by atoms with van der Waals surface area (Å²) in [5.74, 6) is 0.174. The molecule has 28 heavy (non-hydrogen) atoms. The number of carbonyl (C=O) groups is 1. The van der Waals surface area contributed by atoms with Gasteiger partial charge in [-0.2, -0.15) is 5.26 Å². The predicted molar refractivity (Wildman–Crippen MR) is 110 cm³/mol. The average Bonchev–Trinajstić information content (AvgIpc) is 3.34. The van der Waals surface area contributed by atoms with Gasteiger partial charge in [0.15, 0.2) is 4.34 Å². The monoisotopic (exact) mass is 404 g/mol. The Morgan fingerprint density at radius 1 is 1.14 bits per heavy atom. The van der Waals surface area contributed by atoms with Gasteiger partial charge < -0.3 is 9.52 Å². The minimum atomic E-state index is -0.972. The molecule has 0 atom stereocenters. The van der Waals surface area contributed by atoms with E-state index in [1.807, 2.05) is 24.3 Å². The van der Waals surface area contributed by atoms with Gasteiger partial charge in [0.25, 0.3) is 0 Å². The standard InChI is InChI=1S/C21H12N2O3S2/c22-12-16(27-21-23-17-3-1-2-4-19(17)28-21)11-15-9-10-18(26-15)13-5-7-14(8-6-13)20(24)25/h1-11H,(H,24,25). The van der Waals surface area contributed by atoms with Crippen molar-refractivity contribution in [1.29, 1.82) is 5.26 Å². The number of furan rings is 1. The number of hydrogen-bond donors (Lipinski definition) is 1. The highest BCUT2D eigenvalue weighted by Crippen LogP contribution is 2.35. The second kappa shape index (κ2) is 7.72. The summed E-state index contributed by atoms with van der Waals surface area (Å²) in [5, 5.41) is 18.4. The topological polar surface area (TPSA) is 87.1 Å². The summed E-state index contributed by atoms with van der Waals surface area (Å²) < 4.78 is 7.67. The maximum atomic E-state index is 10.9. The molecule has 0 bridgehead atoms. The molecule has 0 aliphatic carbocycles. The molecule has 0 aliphatic heterocycles. The molecule has 5 nitrogen and oxygen atoms in total. The zero-order valence-corrected chi connectivity index (χ0v) is 16.0. The smallest absolute Gasteiger partial charge is 0.335 e. The normalized spacial score (nSPS) is 11.5. The van der Waals surface area contributed by atoms with Crippen LogP contribution in [0.1, 0.15) is 16.1 Å². The molecule has 0 saturated heterocycles. The SMILES string of the molecule is N#CC(=Cc1ccc(-c2ccc(C(=O)O)cc2)o1)Sc1nc2ccccc2s1. The Labute approximate surface area is 168 Å². The number of allylic oxidation sites excluding steroid dienone is 1. The van der Waals surface area contributed by atoms with Crippen LogP contribution in [0.5, 0.6) is 0 Å². The second-order valence-corrected chi connectivity index (χ2v) is 8.07. The van der Waals surface area contributed by atoms with Crippen LogP contribution in [-0.4, -0.2) is 16.1 Å². The maximum Gasteiger partial charge on any atom is 0.335 e. The minimum absolute atomic E-state index is 0.217. The van der Waals surface area contributed by atoms with E-state index in [0.717, 1.165) is 20.1 Å². The Balaban J connectivity index is 1.55. The number of thioether (sulfide) groups is 1. The van der Waals surface area contributed by atoms with Crippen LogP contribution in [0.2, 0.25) is 0 Å². The minimum Gasteiger partial charge on any atom is -0.478 e. The summed E-state index contributed by atoms with van der Waals surface area (Å²) in [6, 6.07) is 20.0. The molecule has 0 spiro atoms. The van der Waals surface area contributed by atoms with Crippen LogP contribution in [0.15, 0.2) is 74.3 Å². The van der Waals surface area contributed by atoms with Gasteiger partial charge in [0.2, 0.25) is 0 Å². The van der Waals surface area contributed by atoms with Crippen LogP contribution in [0, 0.1) is 11.3 Å². The number of benzene rings is 2. The highest BCUT2D eigenvalue weighted by atomic mass is 32.2. The van der Waals surface area contributed by atoms with E-state index >= 15 is 0 Å². The quantitative estimate of drug-likeness (QED) is 0.329. The highest BCUT2D eigenvalue weighted by Gasteiger charge is 2.10. The summed E-state index contributed by atoms with van der Waals surface area (Å²) >= 11 is 2.84. The maximum absolute atomic E-state index is 10.9. The molecule has 0 aliphatic rings. The largest absolute Gasteiger partial charge is 0.478 e. The number of nitriles is 1. The average molecular weight is 404 g/mol. The summed E-state index contributed by atoms with van der Waals surface area (Å²) in [7, 11) is 0. The van der Waals surface area contributed by atoms with E-state index in [0.29, 0.717) is 16.4 Å². The molecule has 0 radical (unpaired) electrons. The Kier molecular flexibility index (Phi) is 4.98. The van der Waals surface area contributed by atoms with Gasteiger partial charge in [-0.15, -0.1) is 11.3 Å². The number of carboxylic acid groups (broad SMARTS) is 1. The first kappa shape index (κ1) is 18.0. The summed E-state index contributed by atoms with van der Waals surface area (Å²) in [5.41, 5.74) is 1.90. The number of aromatic nitrogens is 1. The van der Waals surface area contributed by atoms with E-state index in [4.69, 9.17) is 9.52 Å². The van der Waals surface area contributed by atoms with Gasteiger partial charge in [-0.25, -0.2) is 9.78 Å². The molecule has 2 aromatic heterocycles. The molecule has 2 heterocycles. The third-order valence-electron chi connectivity index (χ3n) is 3.90. The zero-order chi connectivity index (χ0) is 19.5. The van der Waals surface area contributed by atoms with Gasteiger partial charge in [-0.1, -0.05) is 24.3 Å². The second-order valence-electron chi connectivity index (χ2n) is 5.75. The predicted octanol–water partition coefficient (Wildman–Crippen LogP) is 5.91. The molecule has 4 aromatic rings. The van der Waals surface area contributed by atoms with Crippen molar-refractivity contribution in [3.05, 3.63) is 76.9 Å². The van der Waals surface area contributed by atoms with Gasteiger partial charge >= 0.3 is 5.97 Å². The number of rotatable bonds is 5. The van der Waals surface area contributed by atoms with Crippen molar-refractivity contribution in [1.82, 2.24) is 4.98 Å². The molecular weight excluding hydrogens is 392 g/mol. The third kappa shape index (κ3) is 3.83. The van der Waals surface area contributed by atoms with Crippen LogP contribution in [0.3, 0.4) is 0 Å². The molecule has 0 unspecified atom stereocenters. The molecular formula is C21H12N2O3S2. The van der Waals surface area contributed by atoms with E-state index in [-0.39, 0.29) is 5.56 Å². The van der Waals surface area contributed by atoms with Crippen molar-refractivity contribution in [3.8, 4) is 17.4 Å². The van der Waals surface area contributed by atoms with Crippen LogP contribution < -0.4 is 0 Å². The number of thiazole rings is 1. The number of carboxylic acids is 1. The van der Waals surface area contributed by atoms with E-state index in [2.05, 4.69) is 11.1 Å². The lowest BCUT2D eigenvalue weighted by atomic mass is 10.1. The Bertz CT molecular complexity index is 1200. The first-order valence-corrected chi connectivity index (χ1v) is 9.84. The molecule has 0 fully saturated rings. The summed E-state index contributed by atoms with van der Waals surface area (Å²) in [6.07, 6.45) is 1.67. The Hall–Kier alpha value is -3.34. The Morgan fingerprint density at radius 3 is 2.64 bits per heavy atom. The van der Waals surface area contributed by atoms with Crippen LogP contribution in [0.4, 0.5) is 0 Å². The first-order chi connectivity index (χ1) is 13.6. The van der Waals surface area contributed by atoms with Gasteiger partial charge in [0, 0.05) is 11.6 Å². The van der Waals surface area contributed by atoms with E-state index in [1.54, 1.807) is 30.3 Å². The van der Waals surface area contributed by atoms with Gasteiger partial charge in [0.05, 0.1) is 20.7 Å². The van der Waals surface area contributed by atoms with Crippen LogP contribution in [-0.2, 0) is 0 Å². The fourth-order valence-electron chi connectivity index (χ4n) is 2.57. The Morgan fingerprint density at radius 2 is 1.93 bits per heavy atom. The number of para-hydroxylation sites is 1. The highest BCUT2D eigenvalue weighted by molar-refractivity contribution is 8.05. The van der Waals surface area contributed by atoms with Crippen LogP contribution in [0.25, 0.3) is 27.6 Å².